The van der Waals surface area contributed by atoms with Gasteiger partial charge in [0.05, 0.1) is 18.8 Å². The van der Waals surface area contributed by atoms with Gasteiger partial charge in [-0.25, -0.2) is 0 Å². The van der Waals surface area contributed by atoms with Crippen molar-refractivity contribution in [1.29, 1.82) is 0 Å². The van der Waals surface area contributed by atoms with E-state index in [9.17, 15) is 9.59 Å². The van der Waals surface area contributed by atoms with Gasteiger partial charge in [-0.05, 0) is 23.8 Å². The number of ketones is 1. The van der Waals surface area contributed by atoms with Gasteiger partial charge in [0.25, 0.3) is 0 Å². The molecule has 0 saturated carbocycles. The number of aromatic nitrogens is 1. The maximum Gasteiger partial charge on any atom is 0.201 e. The molecule has 0 spiro atoms. The molecule has 0 bridgehead atoms. The van der Waals surface area contributed by atoms with Crippen LogP contribution in [-0.2, 0) is 13.1 Å². The largest absolute Gasteiger partial charge is 0.336 e. The number of nitrogens with zero attached hydrogens (tertiary/aromatic N) is 2. The minimum atomic E-state index is -0.489. The molecule has 2 aromatic rings. The Morgan fingerprint density at radius 2 is 1.85 bits per heavy atom. The Kier molecular flexibility index (Phi) is 2.97. The van der Waals surface area contributed by atoms with Gasteiger partial charge in [0.2, 0.25) is 7.85 Å². The van der Waals surface area contributed by atoms with Crippen LogP contribution >= 0.6 is 0 Å². The van der Waals surface area contributed by atoms with E-state index in [1.54, 1.807) is 13.0 Å². The van der Waals surface area contributed by atoms with Crippen molar-refractivity contribution in [3.63, 3.8) is 0 Å². The highest BCUT2D eigenvalue weighted by atomic mass is 16.2. The molecule has 1 aliphatic heterocycles. The summed E-state index contributed by atoms with van der Waals surface area (Å²) in [6.45, 7) is 2.49. The molecule has 0 saturated heterocycles. The molecular weight excluding hydrogens is 251 g/mol. The summed E-state index contributed by atoms with van der Waals surface area (Å²) in [4.78, 5) is 24.9. The molecule has 0 aliphatic carbocycles. The molecule has 1 aromatic carbocycles. The number of Topliss-reactive ketones (excluding diaryl/α,β-unsaturated/α-hetero) is 1. The van der Waals surface area contributed by atoms with Crippen LogP contribution in [0, 0.1) is 0 Å². The Bertz CT molecular complexity index is 706. The topological polar surface area (TPSA) is 42.3 Å². The summed E-state index contributed by atoms with van der Waals surface area (Å²) in [5.41, 5.74) is 3.34. The van der Waals surface area contributed by atoms with Crippen molar-refractivity contribution < 1.29 is 9.59 Å². The van der Waals surface area contributed by atoms with E-state index in [1.807, 2.05) is 34.9 Å². The number of hydrogen-bond acceptors (Lipinski definition) is 2. The van der Waals surface area contributed by atoms with Crippen LogP contribution in [0.25, 0.3) is 0 Å². The fourth-order valence-corrected chi connectivity index (χ4v) is 2.66. The van der Waals surface area contributed by atoms with Crippen molar-refractivity contribution >= 4 is 25.1 Å². The number of rotatable bonds is 1. The van der Waals surface area contributed by atoms with Crippen LogP contribution in [0.1, 0.15) is 28.7 Å². The third-order valence-corrected chi connectivity index (χ3v) is 3.63. The van der Waals surface area contributed by atoms with E-state index in [0.29, 0.717) is 18.8 Å². The molecule has 20 heavy (non-hydrogen) atoms. The first-order valence-corrected chi connectivity index (χ1v) is 6.42. The van der Waals surface area contributed by atoms with Gasteiger partial charge in [0.15, 0.2) is 11.6 Å². The third kappa shape index (κ3) is 1.95. The van der Waals surface area contributed by atoms with Crippen LogP contribution in [0.15, 0.2) is 36.4 Å². The van der Waals surface area contributed by atoms with Crippen molar-refractivity contribution in [2.45, 2.75) is 20.0 Å². The zero-order valence-corrected chi connectivity index (χ0v) is 11.2. The van der Waals surface area contributed by atoms with E-state index >= 15 is 0 Å². The van der Waals surface area contributed by atoms with E-state index < -0.39 is 5.81 Å². The van der Waals surface area contributed by atoms with Crippen LogP contribution in [0.5, 0.6) is 0 Å². The second kappa shape index (κ2) is 4.67. The van der Waals surface area contributed by atoms with Gasteiger partial charge in [0, 0.05) is 18.3 Å². The smallest absolute Gasteiger partial charge is 0.201 e. The van der Waals surface area contributed by atoms with Gasteiger partial charge in [-0.15, -0.1) is 0 Å². The van der Waals surface area contributed by atoms with E-state index in [4.69, 9.17) is 7.85 Å². The summed E-state index contributed by atoms with van der Waals surface area (Å²) in [6, 6.07) is 11.3. The SMILES string of the molecule is [B]C(=O)N1Cc2ccc(C(C)=O)n2Cc2ccccc21. The number of anilines is 1. The summed E-state index contributed by atoms with van der Waals surface area (Å²) in [6.07, 6.45) is 0. The van der Waals surface area contributed by atoms with E-state index in [0.717, 1.165) is 16.9 Å². The second-order valence-corrected chi connectivity index (χ2v) is 4.91. The number of benzene rings is 1. The van der Waals surface area contributed by atoms with Crippen LogP contribution in [0.4, 0.5) is 10.5 Å². The molecule has 0 unspecified atom stereocenters. The molecule has 5 heteroatoms. The van der Waals surface area contributed by atoms with Crippen LogP contribution in [0.2, 0.25) is 0 Å². The normalized spacial score (nSPS) is 13.3. The van der Waals surface area contributed by atoms with Crippen molar-refractivity contribution in [1.82, 2.24) is 4.57 Å². The summed E-state index contributed by atoms with van der Waals surface area (Å²) in [7, 11) is 5.49. The Morgan fingerprint density at radius 3 is 2.55 bits per heavy atom. The third-order valence-electron chi connectivity index (χ3n) is 3.63. The summed E-state index contributed by atoms with van der Waals surface area (Å²) in [5, 5.41) is 0. The molecule has 1 aromatic heterocycles. The van der Waals surface area contributed by atoms with Gasteiger partial charge in [-0.2, -0.15) is 0 Å². The highest BCUT2D eigenvalue weighted by Crippen LogP contribution is 2.28. The maximum atomic E-state index is 11.7. The zero-order valence-electron chi connectivity index (χ0n) is 11.2. The summed E-state index contributed by atoms with van der Waals surface area (Å²) >= 11 is 0. The lowest BCUT2D eigenvalue weighted by molar-refractivity contribution is 0.100. The Balaban J connectivity index is 2.18. The van der Waals surface area contributed by atoms with Gasteiger partial charge >= 0.3 is 0 Å². The number of carbonyl (C=O) groups is 2. The lowest BCUT2D eigenvalue weighted by atomic mass is 10.1. The highest BCUT2D eigenvalue weighted by Gasteiger charge is 2.23. The highest BCUT2D eigenvalue weighted by molar-refractivity contribution is 6.60. The first kappa shape index (κ1) is 12.7. The second-order valence-electron chi connectivity index (χ2n) is 4.91. The fourth-order valence-electron chi connectivity index (χ4n) is 2.66. The van der Waals surface area contributed by atoms with Crippen molar-refractivity contribution in [2.24, 2.45) is 0 Å². The number of fused-ring (bicyclic) bond motifs is 2. The predicted octanol–water partition coefficient (Wildman–Crippen LogP) is 2.35. The van der Waals surface area contributed by atoms with Gasteiger partial charge < -0.3 is 9.47 Å². The lowest BCUT2D eigenvalue weighted by Crippen LogP contribution is -2.29. The Morgan fingerprint density at radius 1 is 1.10 bits per heavy atom. The molecule has 98 valence electrons. The monoisotopic (exact) mass is 264 g/mol. The Hall–Kier alpha value is -2.30. The van der Waals surface area contributed by atoms with Crippen molar-refractivity contribution in [3.05, 3.63) is 53.3 Å². The van der Waals surface area contributed by atoms with Gasteiger partial charge in [0.1, 0.15) is 0 Å². The molecule has 1 aliphatic rings. The molecule has 3 rings (SSSR count). The maximum absolute atomic E-state index is 11.7. The van der Waals surface area contributed by atoms with Crippen molar-refractivity contribution in [3.8, 4) is 0 Å². The number of amides is 1. The van der Waals surface area contributed by atoms with Crippen molar-refractivity contribution in [2.75, 3.05) is 4.90 Å². The molecule has 4 nitrogen and oxygen atoms in total. The molecule has 2 heterocycles. The number of para-hydroxylation sites is 1. The van der Waals surface area contributed by atoms with Crippen LogP contribution in [0.3, 0.4) is 0 Å². The zero-order chi connectivity index (χ0) is 14.3. The lowest BCUT2D eigenvalue weighted by Gasteiger charge is -2.21. The Labute approximate surface area is 118 Å². The van der Waals surface area contributed by atoms with Crippen LogP contribution < -0.4 is 4.90 Å². The van der Waals surface area contributed by atoms with E-state index in [2.05, 4.69) is 0 Å². The molecule has 0 fully saturated rings. The van der Waals surface area contributed by atoms with E-state index in [-0.39, 0.29) is 5.78 Å². The molecule has 0 atom stereocenters. The van der Waals surface area contributed by atoms with Gasteiger partial charge in [-0.1, -0.05) is 18.2 Å². The average Bonchev–Trinajstić information content (AvgIpc) is 2.72. The average molecular weight is 264 g/mol. The standard InChI is InChI=1S/C15H13BN2O2/c1-10(19)13-7-6-12-9-18(15(16)20)14-5-3-2-4-11(14)8-17(12)13/h2-7H,8-9H2,1H3. The quantitative estimate of drug-likeness (QED) is 0.586. The molecular formula is C15H13BN2O2. The summed E-state index contributed by atoms with van der Waals surface area (Å²) in [5.74, 6) is -0.474. The first-order chi connectivity index (χ1) is 9.58. The van der Waals surface area contributed by atoms with E-state index in [1.165, 1.54) is 4.90 Å². The van der Waals surface area contributed by atoms with Crippen LogP contribution in [-0.4, -0.2) is 24.0 Å². The minimum Gasteiger partial charge on any atom is -0.336 e. The minimum absolute atomic E-state index is 0.0151. The first-order valence-electron chi connectivity index (χ1n) is 6.42. The molecule has 0 N–H and O–H groups in total. The van der Waals surface area contributed by atoms with Gasteiger partial charge in [-0.3, -0.25) is 9.59 Å². The number of hydrogen-bond donors (Lipinski definition) is 0. The molecule has 2 radical (unpaired) electrons. The number of carbonyl (C=O) groups excluding carboxylic acids is 2. The summed E-state index contributed by atoms with van der Waals surface area (Å²) < 4.78 is 1.95. The predicted molar refractivity (Wildman–Crippen MR) is 77.3 cm³/mol. The fraction of sp³-hybridized carbons (Fsp3) is 0.200. The molecule has 1 amide bonds.